The van der Waals surface area contributed by atoms with Crippen molar-refractivity contribution in [1.29, 1.82) is 0 Å². The van der Waals surface area contributed by atoms with Crippen molar-refractivity contribution in [3.8, 4) is 5.75 Å². The maximum absolute atomic E-state index is 6.34. The summed E-state index contributed by atoms with van der Waals surface area (Å²) in [6.45, 7) is 2.24. The Morgan fingerprint density at radius 3 is 2.64 bits per heavy atom. The molecule has 5 heteroatoms. The van der Waals surface area contributed by atoms with Gasteiger partial charge in [-0.05, 0) is 38.2 Å². The minimum absolute atomic E-state index is 0. The predicted molar refractivity (Wildman–Crippen MR) is 105 cm³/mol. The predicted octanol–water partition coefficient (Wildman–Crippen LogP) is 4.95. The van der Waals surface area contributed by atoms with Crippen LogP contribution < -0.4 is 4.74 Å². The number of likely N-dealkylation sites (N-methyl/N-ethyl adjacent to an activating group) is 1. The average Bonchev–Trinajstić information content (AvgIpc) is 2.74. The third-order valence-electron chi connectivity index (χ3n) is 4.40. The average molecular weight is 382 g/mol. The monoisotopic (exact) mass is 381 g/mol. The van der Waals surface area contributed by atoms with E-state index in [1.54, 1.807) is 0 Å². The van der Waals surface area contributed by atoms with Crippen molar-refractivity contribution in [1.82, 2.24) is 4.90 Å². The molecule has 0 bridgehead atoms. The molecule has 2 atom stereocenters. The van der Waals surface area contributed by atoms with Crippen LogP contribution in [0.25, 0.3) is 0 Å². The van der Waals surface area contributed by atoms with Gasteiger partial charge in [0.05, 0.1) is 19.3 Å². The van der Waals surface area contributed by atoms with Crippen molar-refractivity contribution in [3.63, 3.8) is 0 Å². The van der Waals surface area contributed by atoms with Gasteiger partial charge in [-0.25, -0.2) is 0 Å². The smallest absolute Gasteiger partial charge is 0.126 e. The summed E-state index contributed by atoms with van der Waals surface area (Å²) in [5.74, 6) is 1.12. The van der Waals surface area contributed by atoms with Gasteiger partial charge in [-0.15, -0.1) is 12.4 Å². The lowest BCUT2D eigenvalue weighted by Crippen LogP contribution is -2.22. The van der Waals surface area contributed by atoms with E-state index in [0.29, 0.717) is 18.2 Å². The van der Waals surface area contributed by atoms with Crippen molar-refractivity contribution < 1.29 is 9.47 Å². The van der Waals surface area contributed by atoms with E-state index in [1.165, 1.54) is 5.56 Å². The van der Waals surface area contributed by atoms with Gasteiger partial charge in [0.15, 0.2) is 0 Å². The zero-order valence-corrected chi connectivity index (χ0v) is 16.2. The molecule has 0 unspecified atom stereocenters. The summed E-state index contributed by atoms with van der Waals surface area (Å²) in [4.78, 5) is 2.13. The molecule has 0 saturated heterocycles. The number of rotatable bonds is 5. The third-order valence-corrected chi connectivity index (χ3v) is 4.63. The summed E-state index contributed by atoms with van der Waals surface area (Å²) >= 11 is 6.15. The van der Waals surface area contributed by atoms with Gasteiger partial charge >= 0.3 is 0 Å². The Bertz CT molecular complexity index is 664. The van der Waals surface area contributed by atoms with Crippen molar-refractivity contribution in [2.24, 2.45) is 0 Å². The highest BCUT2D eigenvalue weighted by Gasteiger charge is 2.30. The minimum atomic E-state index is -0.0258. The Kier molecular flexibility index (Phi) is 7.57. The highest BCUT2D eigenvalue weighted by molar-refractivity contribution is 6.30. The maximum atomic E-state index is 6.34. The quantitative estimate of drug-likeness (QED) is 0.731. The molecule has 2 aromatic rings. The minimum Gasteiger partial charge on any atom is -0.493 e. The van der Waals surface area contributed by atoms with Crippen LogP contribution in [0.5, 0.6) is 5.75 Å². The molecular weight excluding hydrogens is 357 g/mol. The first kappa shape index (κ1) is 20.1. The summed E-state index contributed by atoms with van der Waals surface area (Å²) in [5, 5.41) is 0.693. The second-order valence-electron chi connectivity index (χ2n) is 6.43. The largest absolute Gasteiger partial charge is 0.493 e. The molecule has 1 aliphatic rings. The number of hydrogen-bond donors (Lipinski definition) is 0. The highest BCUT2D eigenvalue weighted by atomic mass is 35.5. The molecular formula is C20H25Cl2NO2. The molecule has 0 radical (unpaired) electrons. The zero-order chi connectivity index (χ0) is 16.9. The van der Waals surface area contributed by atoms with E-state index in [-0.39, 0.29) is 24.4 Å². The van der Waals surface area contributed by atoms with E-state index in [2.05, 4.69) is 43.3 Å². The first-order chi connectivity index (χ1) is 11.6. The van der Waals surface area contributed by atoms with Crippen LogP contribution in [0, 0.1) is 0 Å². The van der Waals surface area contributed by atoms with Gasteiger partial charge in [0.1, 0.15) is 5.75 Å². The van der Waals surface area contributed by atoms with Gasteiger partial charge in [0.25, 0.3) is 0 Å². The van der Waals surface area contributed by atoms with E-state index in [1.807, 2.05) is 24.3 Å². The van der Waals surface area contributed by atoms with E-state index in [4.69, 9.17) is 21.1 Å². The van der Waals surface area contributed by atoms with Crippen molar-refractivity contribution in [2.75, 3.05) is 33.9 Å². The molecule has 0 saturated carbocycles. The first-order valence-corrected chi connectivity index (χ1v) is 8.76. The van der Waals surface area contributed by atoms with Crippen LogP contribution in [0.4, 0.5) is 0 Å². The fraction of sp³-hybridized carbons (Fsp3) is 0.400. The van der Waals surface area contributed by atoms with Crippen molar-refractivity contribution >= 4 is 24.0 Å². The fourth-order valence-electron chi connectivity index (χ4n) is 3.14. The fourth-order valence-corrected chi connectivity index (χ4v) is 3.30. The number of benzene rings is 2. The molecule has 3 nitrogen and oxygen atoms in total. The van der Waals surface area contributed by atoms with Crippen molar-refractivity contribution in [3.05, 3.63) is 64.7 Å². The normalized spacial score (nSPS) is 19.5. The van der Waals surface area contributed by atoms with Crippen LogP contribution in [0.2, 0.25) is 5.02 Å². The Hall–Kier alpha value is -1.26. The number of halogens is 2. The maximum Gasteiger partial charge on any atom is 0.126 e. The molecule has 25 heavy (non-hydrogen) atoms. The molecule has 2 aromatic carbocycles. The van der Waals surface area contributed by atoms with Gasteiger partial charge in [0.2, 0.25) is 0 Å². The molecule has 0 N–H and O–H groups in total. The molecule has 0 aromatic heterocycles. The Morgan fingerprint density at radius 2 is 1.92 bits per heavy atom. The summed E-state index contributed by atoms with van der Waals surface area (Å²) in [7, 11) is 4.12. The highest BCUT2D eigenvalue weighted by Crippen LogP contribution is 2.43. The Balaban J connectivity index is 0.00000225. The summed E-state index contributed by atoms with van der Waals surface area (Å²) in [6.07, 6.45) is 0.894. The van der Waals surface area contributed by atoms with Gasteiger partial charge < -0.3 is 14.4 Å². The lowest BCUT2D eigenvalue weighted by Gasteiger charge is -2.27. The van der Waals surface area contributed by atoms with Gasteiger partial charge in [-0.1, -0.05) is 48.0 Å². The van der Waals surface area contributed by atoms with Crippen LogP contribution in [-0.4, -0.2) is 38.8 Å². The van der Waals surface area contributed by atoms with Crippen molar-refractivity contribution in [2.45, 2.75) is 18.4 Å². The van der Waals surface area contributed by atoms with E-state index < -0.39 is 0 Å². The number of nitrogens with zero attached hydrogens (tertiary/aromatic N) is 1. The molecule has 1 heterocycles. The second kappa shape index (κ2) is 9.44. The van der Waals surface area contributed by atoms with Crippen LogP contribution in [0.15, 0.2) is 48.5 Å². The number of ether oxygens (including phenoxy) is 2. The summed E-state index contributed by atoms with van der Waals surface area (Å²) < 4.78 is 12.3. The molecule has 0 fully saturated rings. The Morgan fingerprint density at radius 1 is 1.16 bits per heavy atom. The summed E-state index contributed by atoms with van der Waals surface area (Å²) in [6, 6.07) is 16.4. The lowest BCUT2D eigenvalue weighted by molar-refractivity contribution is 0.0249. The van der Waals surface area contributed by atoms with E-state index >= 15 is 0 Å². The topological polar surface area (TPSA) is 21.7 Å². The van der Waals surface area contributed by atoms with Gasteiger partial charge in [-0.3, -0.25) is 0 Å². The number of fused-ring (bicyclic) bond motifs is 1. The molecule has 3 rings (SSSR count). The first-order valence-electron chi connectivity index (χ1n) is 8.38. The zero-order valence-electron chi connectivity index (χ0n) is 14.7. The molecule has 0 amide bonds. The van der Waals surface area contributed by atoms with Crippen LogP contribution in [-0.2, 0) is 4.74 Å². The van der Waals surface area contributed by atoms with Gasteiger partial charge in [-0.2, -0.15) is 0 Å². The summed E-state index contributed by atoms with van der Waals surface area (Å²) in [5.41, 5.74) is 2.38. The van der Waals surface area contributed by atoms with Gasteiger partial charge in [0, 0.05) is 23.0 Å². The van der Waals surface area contributed by atoms with Crippen LogP contribution >= 0.6 is 24.0 Å². The van der Waals surface area contributed by atoms with Crippen LogP contribution in [0.3, 0.4) is 0 Å². The standard InChI is InChI=1S/C20H24ClNO2.ClH/c1-22(2)11-13-24-20-17(15-6-4-3-5-7-15)10-12-23-19-14-16(21)8-9-18(19)20;/h3-9,14,17,20H,10-13H2,1-2H3;1H/t17-,20-;/m1./s1. The molecule has 0 aliphatic carbocycles. The van der Waals surface area contributed by atoms with E-state index in [0.717, 1.165) is 24.3 Å². The lowest BCUT2D eigenvalue weighted by atomic mass is 9.87. The Labute approximate surface area is 161 Å². The SMILES string of the molecule is CN(C)CCO[C@H]1c2ccc(Cl)cc2OCC[C@@H]1c1ccccc1.Cl. The second-order valence-corrected chi connectivity index (χ2v) is 6.87. The van der Waals surface area contributed by atoms with Crippen LogP contribution in [0.1, 0.15) is 29.6 Å². The molecule has 136 valence electrons. The third kappa shape index (κ3) is 5.11. The molecule has 1 aliphatic heterocycles. The number of hydrogen-bond acceptors (Lipinski definition) is 3. The molecule has 0 spiro atoms. The van der Waals surface area contributed by atoms with E-state index in [9.17, 15) is 0 Å².